The molecule has 1 aliphatic rings. The average Bonchev–Trinajstić information content (AvgIpc) is 2.66. The van der Waals surface area contributed by atoms with E-state index in [9.17, 15) is 9.59 Å². The SMILES string of the molecule is CC[C@H](C)[C@H](NC(=O)c1ccccc1)C(=O)NCCC1=CCCCC1. The van der Waals surface area contributed by atoms with Crippen LogP contribution in [0.2, 0.25) is 0 Å². The number of nitrogens with one attached hydrogen (secondary N) is 2. The minimum atomic E-state index is -0.502. The van der Waals surface area contributed by atoms with Crippen LogP contribution in [0.5, 0.6) is 0 Å². The summed E-state index contributed by atoms with van der Waals surface area (Å²) < 4.78 is 0. The molecule has 25 heavy (non-hydrogen) atoms. The van der Waals surface area contributed by atoms with Crippen LogP contribution in [0.15, 0.2) is 42.0 Å². The highest BCUT2D eigenvalue weighted by Crippen LogP contribution is 2.19. The molecule has 0 bridgehead atoms. The van der Waals surface area contributed by atoms with Gasteiger partial charge >= 0.3 is 0 Å². The largest absolute Gasteiger partial charge is 0.354 e. The van der Waals surface area contributed by atoms with Gasteiger partial charge in [0.2, 0.25) is 5.91 Å². The molecule has 2 N–H and O–H groups in total. The molecule has 4 heteroatoms. The fourth-order valence-corrected chi connectivity index (χ4v) is 3.10. The fraction of sp³-hybridized carbons (Fsp3) is 0.524. The van der Waals surface area contributed by atoms with Crippen LogP contribution in [0.1, 0.15) is 62.7 Å². The Kier molecular flexibility index (Phi) is 7.71. The molecule has 0 radical (unpaired) electrons. The summed E-state index contributed by atoms with van der Waals surface area (Å²) in [6.07, 6.45) is 8.88. The van der Waals surface area contributed by atoms with Gasteiger partial charge < -0.3 is 10.6 Å². The van der Waals surface area contributed by atoms with E-state index in [2.05, 4.69) is 16.7 Å². The first-order valence-corrected chi connectivity index (χ1v) is 9.43. The van der Waals surface area contributed by atoms with Crippen LogP contribution in [-0.4, -0.2) is 24.4 Å². The first-order chi connectivity index (χ1) is 12.1. The molecule has 0 aliphatic heterocycles. The van der Waals surface area contributed by atoms with Gasteiger partial charge in [-0.25, -0.2) is 0 Å². The molecule has 1 aromatic rings. The van der Waals surface area contributed by atoms with Crippen molar-refractivity contribution < 1.29 is 9.59 Å². The van der Waals surface area contributed by atoms with Crippen LogP contribution in [0, 0.1) is 5.92 Å². The van der Waals surface area contributed by atoms with Gasteiger partial charge in [-0.2, -0.15) is 0 Å². The van der Waals surface area contributed by atoms with Crippen molar-refractivity contribution in [1.29, 1.82) is 0 Å². The Bertz CT molecular complexity index is 595. The summed E-state index contributed by atoms with van der Waals surface area (Å²) in [4.78, 5) is 25.0. The molecule has 0 spiro atoms. The third-order valence-corrected chi connectivity index (χ3v) is 4.95. The number of benzene rings is 1. The van der Waals surface area contributed by atoms with E-state index in [1.165, 1.54) is 18.4 Å². The standard InChI is InChI=1S/C21H30N2O2/c1-3-16(2)19(23-20(24)18-12-8-5-9-13-18)21(25)22-15-14-17-10-6-4-7-11-17/h5,8-10,12-13,16,19H,3-4,6-7,11,14-15H2,1-2H3,(H,22,25)(H,23,24)/t16-,19-/m0/s1. The Hall–Kier alpha value is -2.10. The topological polar surface area (TPSA) is 58.2 Å². The van der Waals surface area contributed by atoms with Crippen molar-refractivity contribution >= 4 is 11.8 Å². The van der Waals surface area contributed by atoms with E-state index >= 15 is 0 Å². The second-order valence-corrected chi connectivity index (χ2v) is 6.85. The molecule has 0 unspecified atom stereocenters. The normalized spacial score (nSPS) is 16.5. The maximum Gasteiger partial charge on any atom is 0.251 e. The van der Waals surface area contributed by atoms with E-state index in [1.807, 2.05) is 32.0 Å². The molecular formula is C21H30N2O2. The predicted octanol–water partition coefficient (Wildman–Crippen LogP) is 3.84. The van der Waals surface area contributed by atoms with Crippen LogP contribution < -0.4 is 10.6 Å². The highest BCUT2D eigenvalue weighted by atomic mass is 16.2. The highest BCUT2D eigenvalue weighted by molar-refractivity contribution is 5.97. The lowest BCUT2D eigenvalue weighted by molar-refractivity contribution is -0.124. The van der Waals surface area contributed by atoms with Crippen LogP contribution >= 0.6 is 0 Å². The average molecular weight is 342 g/mol. The quantitative estimate of drug-likeness (QED) is 0.705. The molecule has 0 aromatic heterocycles. The maximum atomic E-state index is 12.6. The second-order valence-electron chi connectivity index (χ2n) is 6.85. The van der Waals surface area contributed by atoms with E-state index in [4.69, 9.17) is 0 Å². The second kappa shape index (κ2) is 10.0. The van der Waals surface area contributed by atoms with E-state index in [1.54, 1.807) is 12.1 Å². The van der Waals surface area contributed by atoms with Gasteiger partial charge in [-0.15, -0.1) is 0 Å². The minimum Gasteiger partial charge on any atom is -0.354 e. The number of amides is 2. The van der Waals surface area contributed by atoms with Crippen molar-refractivity contribution in [3.05, 3.63) is 47.5 Å². The van der Waals surface area contributed by atoms with Gasteiger partial charge in [0.15, 0.2) is 0 Å². The molecule has 0 saturated heterocycles. The molecule has 2 atom stereocenters. The van der Waals surface area contributed by atoms with Crippen molar-refractivity contribution in [2.45, 2.75) is 58.4 Å². The lowest BCUT2D eigenvalue weighted by Crippen LogP contribution is -2.50. The van der Waals surface area contributed by atoms with Crippen LogP contribution in [0.3, 0.4) is 0 Å². The zero-order valence-electron chi connectivity index (χ0n) is 15.4. The zero-order chi connectivity index (χ0) is 18.1. The van der Waals surface area contributed by atoms with Crippen molar-refractivity contribution in [3.63, 3.8) is 0 Å². The van der Waals surface area contributed by atoms with Crippen LogP contribution in [0.25, 0.3) is 0 Å². The molecule has 0 heterocycles. The van der Waals surface area contributed by atoms with Crippen LogP contribution in [0.4, 0.5) is 0 Å². The van der Waals surface area contributed by atoms with E-state index in [-0.39, 0.29) is 17.7 Å². The molecule has 136 valence electrons. The van der Waals surface area contributed by atoms with E-state index in [0.29, 0.717) is 12.1 Å². The van der Waals surface area contributed by atoms with Crippen molar-refractivity contribution in [1.82, 2.24) is 10.6 Å². The summed E-state index contributed by atoms with van der Waals surface area (Å²) >= 11 is 0. The summed E-state index contributed by atoms with van der Waals surface area (Å²) in [6.45, 7) is 4.67. The maximum absolute atomic E-state index is 12.6. The Morgan fingerprint density at radius 2 is 1.92 bits per heavy atom. The number of hydrogen-bond acceptors (Lipinski definition) is 2. The predicted molar refractivity (Wildman–Crippen MR) is 101 cm³/mol. The number of rotatable bonds is 8. The van der Waals surface area contributed by atoms with E-state index in [0.717, 1.165) is 25.7 Å². The number of allylic oxidation sites excluding steroid dienone is 1. The van der Waals surface area contributed by atoms with Crippen molar-refractivity contribution in [3.8, 4) is 0 Å². The van der Waals surface area contributed by atoms with Gasteiger partial charge in [0.05, 0.1) is 0 Å². The molecule has 0 fully saturated rings. The highest BCUT2D eigenvalue weighted by Gasteiger charge is 2.26. The van der Waals surface area contributed by atoms with Crippen molar-refractivity contribution in [2.24, 2.45) is 5.92 Å². The Morgan fingerprint density at radius 1 is 1.16 bits per heavy atom. The van der Waals surface area contributed by atoms with Gasteiger partial charge in [-0.1, -0.05) is 50.1 Å². The monoisotopic (exact) mass is 342 g/mol. The lowest BCUT2D eigenvalue weighted by atomic mass is 9.96. The molecule has 1 aliphatic carbocycles. The molecule has 0 saturated carbocycles. The molecule has 2 rings (SSSR count). The summed E-state index contributed by atoms with van der Waals surface area (Å²) in [5.74, 6) is -0.201. The molecule has 4 nitrogen and oxygen atoms in total. The van der Waals surface area contributed by atoms with Gasteiger partial charge in [0.1, 0.15) is 6.04 Å². The van der Waals surface area contributed by atoms with Crippen molar-refractivity contribution in [2.75, 3.05) is 6.54 Å². The molecular weight excluding hydrogens is 312 g/mol. The Labute approximate surface area is 151 Å². The fourth-order valence-electron chi connectivity index (χ4n) is 3.10. The van der Waals surface area contributed by atoms with Crippen LogP contribution in [-0.2, 0) is 4.79 Å². The number of hydrogen-bond donors (Lipinski definition) is 2. The summed E-state index contributed by atoms with van der Waals surface area (Å²) in [5.41, 5.74) is 2.02. The Morgan fingerprint density at radius 3 is 2.56 bits per heavy atom. The summed E-state index contributed by atoms with van der Waals surface area (Å²) in [7, 11) is 0. The molecule has 2 amide bonds. The first kappa shape index (κ1) is 19.2. The van der Waals surface area contributed by atoms with Gasteiger partial charge in [0.25, 0.3) is 5.91 Å². The minimum absolute atomic E-state index is 0.0848. The summed E-state index contributed by atoms with van der Waals surface area (Å²) in [6, 6.07) is 8.54. The first-order valence-electron chi connectivity index (χ1n) is 9.43. The molecule has 1 aromatic carbocycles. The third-order valence-electron chi connectivity index (χ3n) is 4.95. The smallest absolute Gasteiger partial charge is 0.251 e. The summed E-state index contributed by atoms with van der Waals surface area (Å²) in [5, 5.41) is 5.91. The van der Waals surface area contributed by atoms with E-state index < -0.39 is 6.04 Å². The lowest BCUT2D eigenvalue weighted by Gasteiger charge is -2.24. The number of carbonyl (C=O) groups excluding carboxylic acids is 2. The van der Waals surface area contributed by atoms with Gasteiger partial charge in [-0.05, 0) is 50.2 Å². The zero-order valence-corrected chi connectivity index (χ0v) is 15.4. The van der Waals surface area contributed by atoms with Gasteiger partial charge in [-0.3, -0.25) is 9.59 Å². The third kappa shape index (κ3) is 6.04. The number of carbonyl (C=O) groups is 2. The van der Waals surface area contributed by atoms with Gasteiger partial charge in [0, 0.05) is 12.1 Å². The Balaban J connectivity index is 1.90.